The van der Waals surface area contributed by atoms with E-state index < -0.39 is 9.73 Å². The molecule has 1 aromatic carbocycles. The monoisotopic (exact) mass is 461 g/mol. The van der Waals surface area contributed by atoms with Crippen molar-refractivity contribution in [3.05, 3.63) is 61.4 Å². The Bertz CT molecular complexity index is 1370. The summed E-state index contributed by atoms with van der Waals surface area (Å²) in [6.07, 6.45) is 16.4. The largest absolute Gasteiger partial charge is 0.275 e. The topological polar surface area (TPSA) is 102 Å². The van der Waals surface area contributed by atoms with Crippen molar-refractivity contribution < 1.29 is 4.21 Å². The van der Waals surface area contributed by atoms with Crippen molar-refractivity contribution in [2.45, 2.75) is 37.0 Å². The molecule has 1 aliphatic carbocycles. The Morgan fingerprint density at radius 2 is 1.67 bits per heavy atom. The fraction of sp³-hybridized carbons (Fsp3) is 0.333. The van der Waals surface area contributed by atoms with Crippen molar-refractivity contribution in [3.63, 3.8) is 0 Å². The molecule has 8 nitrogen and oxygen atoms in total. The predicted molar refractivity (Wildman–Crippen MR) is 129 cm³/mol. The van der Waals surface area contributed by atoms with Gasteiger partial charge in [-0.2, -0.15) is 10.2 Å². The van der Waals surface area contributed by atoms with Crippen LogP contribution < -0.4 is 0 Å². The minimum atomic E-state index is -2.53. The number of rotatable bonds is 5. The van der Waals surface area contributed by atoms with Crippen LogP contribution in [0.5, 0.6) is 0 Å². The van der Waals surface area contributed by atoms with E-state index in [0.717, 1.165) is 53.5 Å². The number of aromatic nitrogens is 6. The van der Waals surface area contributed by atoms with Crippen molar-refractivity contribution in [2.75, 3.05) is 6.26 Å². The first-order valence-corrected chi connectivity index (χ1v) is 13.1. The highest BCUT2D eigenvalue weighted by Gasteiger charge is 2.28. The molecule has 0 radical (unpaired) electrons. The Balaban J connectivity index is 1.34. The second kappa shape index (κ2) is 8.55. The molecule has 0 amide bonds. The van der Waals surface area contributed by atoms with Crippen LogP contribution in [0.3, 0.4) is 0 Å². The van der Waals surface area contributed by atoms with E-state index in [4.69, 9.17) is 4.78 Å². The Kier molecular flexibility index (Phi) is 5.57. The van der Waals surface area contributed by atoms with Gasteiger partial charge in [-0.3, -0.25) is 14.1 Å². The number of nitrogens with one attached hydrogen (secondary N) is 1. The molecule has 5 rings (SSSR count). The minimum absolute atomic E-state index is 0.0612. The molecule has 170 valence electrons. The molecule has 1 N–H and O–H groups in total. The Morgan fingerprint density at radius 3 is 2.39 bits per heavy atom. The fourth-order valence-corrected chi connectivity index (χ4v) is 5.70. The highest BCUT2D eigenvalue weighted by atomic mass is 32.2. The number of aryl methyl sites for hydroxylation is 1. The highest BCUT2D eigenvalue weighted by molar-refractivity contribution is 7.92. The maximum Gasteiger partial charge on any atom is 0.159 e. The van der Waals surface area contributed by atoms with E-state index in [2.05, 4.69) is 32.3 Å². The first-order chi connectivity index (χ1) is 15.9. The molecular formula is C24H27N7OS. The van der Waals surface area contributed by atoms with Gasteiger partial charge in [-0.1, -0.05) is 24.6 Å². The summed E-state index contributed by atoms with van der Waals surface area (Å²) in [5.74, 6) is 0.667. The van der Waals surface area contributed by atoms with E-state index in [1.165, 1.54) is 0 Å². The number of nitrogens with zero attached hydrogens (tertiary/aromatic N) is 6. The Morgan fingerprint density at radius 1 is 0.939 bits per heavy atom. The molecule has 1 aliphatic rings. The van der Waals surface area contributed by atoms with E-state index >= 15 is 0 Å². The lowest BCUT2D eigenvalue weighted by Crippen LogP contribution is -2.28. The Labute approximate surface area is 193 Å². The van der Waals surface area contributed by atoms with Crippen LogP contribution >= 0.6 is 0 Å². The average Bonchev–Trinajstić information content (AvgIpc) is 3.49. The third kappa shape index (κ3) is 4.59. The Hall–Kier alpha value is -3.33. The third-order valence-corrected chi connectivity index (χ3v) is 8.05. The first-order valence-electron chi connectivity index (χ1n) is 11.1. The maximum absolute atomic E-state index is 12.2. The smallest absolute Gasteiger partial charge is 0.159 e. The van der Waals surface area contributed by atoms with Crippen LogP contribution in [0.1, 0.15) is 31.7 Å². The molecule has 33 heavy (non-hydrogen) atoms. The summed E-state index contributed by atoms with van der Waals surface area (Å²) in [4.78, 5) is 9.20. The van der Waals surface area contributed by atoms with Gasteiger partial charge in [-0.05, 0) is 30.9 Å². The van der Waals surface area contributed by atoms with Crippen LogP contribution in [0.25, 0.3) is 33.6 Å². The first kappa shape index (κ1) is 21.5. The molecule has 0 aliphatic heterocycles. The second-order valence-corrected chi connectivity index (χ2v) is 11.3. The van der Waals surface area contributed by atoms with Gasteiger partial charge in [0, 0.05) is 75.3 Å². The summed E-state index contributed by atoms with van der Waals surface area (Å²) in [6.45, 7) is 0. The van der Waals surface area contributed by atoms with Gasteiger partial charge in [-0.25, -0.2) is 14.2 Å². The highest BCUT2D eigenvalue weighted by Crippen LogP contribution is 2.33. The van der Waals surface area contributed by atoms with Gasteiger partial charge >= 0.3 is 0 Å². The summed E-state index contributed by atoms with van der Waals surface area (Å²) in [7, 11) is -0.625. The molecule has 3 atom stereocenters. The van der Waals surface area contributed by atoms with Gasteiger partial charge in [0.1, 0.15) is 0 Å². The van der Waals surface area contributed by atoms with E-state index in [0.29, 0.717) is 5.82 Å². The fourth-order valence-electron chi connectivity index (χ4n) is 4.49. The molecule has 1 fully saturated rings. The van der Waals surface area contributed by atoms with Crippen molar-refractivity contribution in [1.82, 2.24) is 29.5 Å². The van der Waals surface area contributed by atoms with Crippen LogP contribution in [-0.2, 0) is 16.8 Å². The molecule has 0 bridgehead atoms. The van der Waals surface area contributed by atoms with Gasteiger partial charge in [0.25, 0.3) is 0 Å². The number of benzene rings is 1. The number of hydrogen-bond acceptors (Lipinski definition) is 6. The van der Waals surface area contributed by atoms with Crippen LogP contribution in [0.15, 0.2) is 61.4 Å². The van der Waals surface area contributed by atoms with Gasteiger partial charge < -0.3 is 0 Å². The molecule has 9 heteroatoms. The summed E-state index contributed by atoms with van der Waals surface area (Å²) >= 11 is 0. The molecule has 3 aromatic heterocycles. The zero-order valence-corrected chi connectivity index (χ0v) is 19.6. The molecule has 0 spiro atoms. The molecule has 2 unspecified atom stereocenters. The lowest BCUT2D eigenvalue weighted by atomic mass is 9.95. The van der Waals surface area contributed by atoms with Gasteiger partial charge in [0.15, 0.2) is 5.82 Å². The van der Waals surface area contributed by atoms with Gasteiger partial charge in [-0.15, -0.1) is 0 Å². The van der Waals surface area contributed by atoms with E-state index in [1.54, 1.807) is 10.9 Å². The van der Waals surface area contributed by atoms with Crippen LogP contribution in [-0.4, -0.2) is 45.2 Å². The van der Waals surface area contributed by atoms with Crippen molar-refractivity contribution in [3.8, 4) is 33.6 Å². The van der Waals surface area contributed by atoms with E-state index in [9.17, 15) is 4.21 Å². The zero-order chi connectivity index (χ0) is 23.0. The standard InChI is InChI=1S/C24H27N7OS/c1-30-15-20(13-28-30)17-5-3-6-18(9-17)24-26-11-19(12-27-24)21-14-29-31(16-21)22-7-4-8-23(10-22)33(2,25)32/h3,5-6,9,11-16,22-23,25H,4,7-8,10H2,1-2H3/t22?,23-,33?/m0/s1. The second-order valence-electron chi connectivity index (χ2n) is 8.83. The van der Waals surface area contributed by atoms with Gasteiger partial charge in [0.05, 0.1) is 18.4 Å². The van der Waals surface area contributed by atoms with Crippen molar-refractivity contribution in [2.24, 2.45) is 7.05 Å². The quantitative estimate of drug-likeness (QED) is 0.469. The average molecular weight is 462 g/mol. The molecule has 3 heterocycles. The molecule has 4 aromatic rings. The van der Waals surface area contributed by atoms with Crippen LogP contribution in [0.2, 0.25) is 0 Å². The van der Waals surface area contributed by atoms with Gasteiger partial charge in [0.2, 0.25) is 0 Å². The van der Waals surface area contributed by atoms with E-state index in [-0.39, 0.29) is 11.3 Å². The SMILES string of the molecule is Cn1cc(-c2cccc(-c3ncc(-c4cnn(C5CCC[C@H](S(C)(=N)=O)C5)c4)cn3)c2)cn1. The normalized spacial score (nSPS) is 20.4. The summed E-state index contributed by atoms with van der Waals surface area (Å²) in [6, 6.07) is 8.31. The molecule has 1 saturated carbocycles. The molecule has 0 saturated heterocycles. The number of hydrogen-bond donors (Lipinski definition) is 1. The summed E-state index contributed by atoms with van der Waals surface area (Å²) in [5, 5.41) is 8.74. The zero-order valence-electron chi connectivity index (χ0n) is 18.8. The van der Waals surface area contributed by atoms with Crippen molar-refractivity contribution in [1.29, 1.82) is 4.78 Å². The lowest BCUT2D eigenvalue weighted by molar-refractivity contribution is 0.332. The maximum atomic E-state index is 12.2. The van der Waals surface area contributed by atoms with Crippen LogP contribution in [0.4, 0.5) is 0 Å². The summed E-state index contributed by atoms with van der Waals surface area (Å²) < 4.78 is 23.9. The molecular weight excluding hydrogens is 434 g/mol. The van der Waals surface area contributed by atoms with E-state index in [1.807, 2.05) is 61.0 Å². The van der Waals surface area contributed by atoms with Crippen molar-refractivity contribution >= 4 is 9.73 Å². The lowest BCUT2D eigenvalue weighted by Gasteiger charge is -2.29. The predicted octanol–water partition coefficient (Wildman–Crippen LogP) is 4.57. The van der Waals surface area contributed by atoms with Crippen LogP contribution in [0, 0.1) is 4.78 Å². The third-order valence-electron chi connectivity index (χ3n) is 6.35. The summed E-state index contributed by atoms with van der Waals surface area (Å²) in [5.41, 5.74) is 4.93. The minimum Gasteiger partial charge on any atom is -0.275 e.